The molecule has 9 rings (SSSR count). The highest BCUT2D eigenvalue weighted by Crippen LogP contribution is 2.45. The second kappa shape index (κ2) is 11.8. The molecule has 0 unspecified atom stereocenters. The van der Waals surface area contributed by atoms with Crippen LogP contribution in [0.4, 0.5) is 17.1 Å². The minimum atomic E-state index is 0.891. The summed E-state index contributed by atoms with van der Waals surface area (Å²) in [6.07, 6.45) is 0. The van der Waals surface area contributed by atoms with Gasteiger partial charge < -0.3 is 9.32 Å². The fraction of sp³-hybridized carbons (Fsp3) is 0. The van der Waals surface area contributed by atoms with Crippen LogP contribution in [0.25, 0.3) is 66.1 Å². The highest BCUT2D eigenvalue weighted by molar-refractivity contribution is 6.19. The number of fused-ring (bicyclic) bond motifs is 5. The van der Waals surface area contributed by atoms with Gasteiger partial charge in [0.25, 0.3) is 0 Å². The molecule has 0 aliphatic heterocycles. The molecule has 0 aliphatic rings. The Balaban J connectivity index is 1.16. The Hall–Kier alpha value is -6.38. The van der Waals surface area contributed by atoms with Crippen molar-refractivity contribution in [2.45, 2.75) is 0 Å². The smallest absolute Gasteiger partial charge is 0.143 e. The number of furan rings is 1. The van der Waals surface area contributed by atoms with E-state index in [2.05, 4.69) is 193 Å². The molecule has 9 aromatic rings. The van der Waals surface area contributed by atoms with Crippen LogP contribution < -0.4 is 4.90 Å². The first kappa shape index (κ1) is 27.9. The maximum Gasteiger partial charge on any atom is 0.143 e. The first-order valence-corrected chi connectivity index (χ1v) is 16.4. The third-order valence-electron chi connectivity index (χ3n) is 9.29. The molecular weight excluding hydrogens is 583 g/mol. The first-order chi connectivity index (χ1) is 23.8. The van der Waals surface area contributed by atoms with Crippen LogP contribution in [0.5, 0.6) is 0 Å². The van der Waals surface area contributed by atoms with Crippen LogP contribution in [0.3, 0.4) is 0 Å². The van der Waals surface area contributed by atoms with E-state index in [1.165, 1.54) is 27.6 Å². The van der Waals surface area contributed by atoms with E-state index < -0.39 is 0 Å². The van der Waals surface area contributed by atoms with Gasteiger partial charge in [-0.15, -0.1) is 0 Å². The minimum Gasteiger partial charge on any atom is -0.455 e. The first-order valence-electron chi connectivity index (χ1n) is 16.4. The van der Waals surface area contributed by atoms with Crippen molar-refractivity contribution in [1.29, 1.82) is 0 Å². The van der Waals surface area contributed by atoms with Crippen LogP contribution in [0.1, 0.15) is 0 Å². The standard InChI is InChI=1S/C46H31NO/c1-3-12-32(13-4-1)33-22-24-34(25-23-33)35-26-29-38(30-27-35)47(37-15-5-2-6-16-37)43-20-10-9-18-40(43)41-19-11-21-44-45(41)42-31-28-36-14-7-8-17-39(36)46(42)48-44/h1-31H. The molecule has 0 saturated heterocycles. The zero-order valence-electron chi connectivity index (χ0n) is 26.3. The van der Waals surface area contributed by atoms with Crippen molar-refractivity contribution in [3.8, 4) is 33.4 Å². The Bertz CT molecular complexity index is 2530. The summed E-state index contributed by atoms with van der Waals surface area (Å²) in [5.41, 5.74) is 12.2. The predicted octanol–water partition coefficient (Wildman–Crippen LogP) is 13.2. The number of benzene rings is 8. The summed E-state index contributed by atoms with van der Waals surface area (Å²) < 4.78 is 6.57. The SMILES string of the molecule is c1ccc(-c2ccc(-c3ccc(N(c4ccccc4)c4ccccc4-c4cccc5oc6c7ccccc7ccc6c45)cc3)cc2)cc1. The summed E-state index contributed by atoms with van der Waals surface area (Å²) in [6, 6.07) is 66.8. The summed E-state index contributed by atoms with van der Waals surface area (Å²) in [5.74, 6) is 0. The molecule has 0 fully saturated rings. The molecule has 226 valence electrons. The molecule has 0 radical (unpaired) electrons. The predicted molar refractivity (Wildman–Crippen MR) is 202 cm³/mol. The van der Waals surface area contributed by atoms with Crippen LogP contribution in [0.2, 0.25) is 0 Å². The third-order valence-corrected chi connectivity index (χ3v) is 9.29. The molecule has 0 atom stereocenters. The number of nitrogens with zero attached hydrogens (tertiary/aromatic N) is 1. The Kier molecular flexibility index (Phi) is 6.84. The number of hydrogen-bond donors (Lipinski definition) is 0. The highest BCUT2D eigenvalue weighted by atomic mass is 16.3. The molecule has 0 saturated carbocycles. The average molecular weight is 614 g/mol. The summed E-state index contributed by atoms with van der Waals surface area (Å²) in [5, 5.41) is 4.57. The molecule has 8 aromatic carbocycles. The van der Waals surface area contributed by atoms with Gasteiger partial charge in [0.1, 0.15) is 11.2 Å². The van der Waals surface area contributed by atoms with Gasteiger partial charge in [-0.2, -0.15) is 0 Å². The number of rotatable bonds is 6. The monoisotopic (exact) mass is 613 g/mol. The molecule has 0 spiro atoms. The Morgan fingerprint density at radius 1 is 0.354 bits per heavy atom. The maximum atomic E-state index is 6.57. The van der Waals surface area contributed by atoms with Crippen LogP contribution in [0, 0.1) is 0 Å². The molecule has 0 aliphatic carbocycles. The number of hydrogen-bond acceptors (Lipinski definition) is 2. The molecule has 2 nitrogen and oxygen atoms in total. The Morgan fingerprint density at radius 3 is 1.67 bits per heavy atom. The Morgan fingerprint density at radius 2 is 0.917 bits per heavy atom. The van der Waals surface area contributed by atoms with E-state index in [1.54, 1.807) is 0 Å². The van der Waals surface area contributed by atoms with Gasteiger partial charge in [-0.3, -0.25) is 0 Å². The summed E-state index contributed by atoms with van der Waals surface area (Å²) in [4.78, 5) is 2.36. The van der Waals surface area contributed by atoms with E-state index in [0.29, 0.717) is 0 Å². The van der Waals surface area contributed by atoms with Gasteiger partial charge in [-0.1, -0.05) is 146 Å². The fourth-order valence-electron chi connectivity index (χ4n) is 6.97. The van der Waals surface area contributed by atoms with Crippen molar-refractivity contribution in [2.24, 2.45) is 0 Å². The molecule has 0 bridgehead atoms. The normalized spacial score (nSPS) is 11.3. The lowest BCUT2D eigenvalue weighted by Crippen LogP contribution is -2.11. The third kappa shape index (κ3) is 4.83. The summed E-state index contributed by atoms with van der Waals surface area (Å²) in [7, 11) is 0. The molecule has 2 heteroatoms. The van der Waals surface area contributed by atoms with Gasteiger partial charge >= 0.3 is 0 Å². The number of para-hydroxylation sites is 2. The zero-order chi connectivity index (χ0) is 31.9. The van der Waals surface area contributed by atoms with Crippen molar-refractivity contribution in [3.63, 3.8) is 0 Å². The van der Waals surface area contributed by atoms with Crippen LogP contribution in [-0.4, -0.2) is 0 Å². The van der Waals surface area contributed by atoms with Crippen LogP contribution in [0.15, 0.2) is 192 Å². The van der Waals surface area contributed by atoms with Gasteiger partial charge in [-0.05, 0) is 75.7 Å². The van der Waals surface area contributed by atoms with Crippen molar-refractivity contribution in [3.05, 3.63) is 188 Å². The fourth-order valence-corrected chi connectivity index (χ4v) is 6.97. The van der Waals surface area contributed by atoms with E-state index >= 15 is 0 Å². The van der Waals surface area contributed by atoms with Gasteiger partial charge in [0, 0.05) is 33.1 Å². The van der Waals surface area contributed by atoms with E-state index in [4.69, 9.17) is 4.42 Å². The van der Waals surface area contributed by atoms with Gasteiger partial charge in [0.15, 0.2) is 0 Å². The van der Waals surface area contributed by atoms with Crippen molar-refractivity contribution < 1.29 is 4.42 Å². The quantitative estimate of drug-likeness (QED) is 0.185. The van der Waals surface area contributed by atoms with Gasteiger partial charge in [0.05, 0.1) is 5.69 Å². The van der Waals surface area contributed by atoms with Gasteiger partial charge in [-0.25, -0.2) is 0 Å². The lowest BCUT2D eigenvalue weighted by Gasteiger charge is -2.28. The zero-order valence-corrected chi connectivity index (χ0v) is 26.3. The van der Waals surface area contributed by atoms with Crippen LogP contribution >= 0.6 is 0 Å². The van der Waals surface area contributed by atoms with Crippen molar-refractivity contribution in [1.82, 2.24) is 0 Å². The second-order valence-corrected chi connectivity index (χ2v) is 12.1. The number of anilines is 3. The van der Waals surface area contributed by atoms with E-state index in [-0.39, 0.29) is 0 Å². The van der Waals surface area contributed by atoms with E-state index in [0.717, 1.165) is 55.5 Å². The minimum absolute atomic E-state index is 0.891. The summed E-state index contributed by atoms with van der Waals surface area (Å²) in [6.45, 7) is 0. The lowest BCUT2D eigenvalue weighted by atomic mass is 9.96. The highest BCUT2D eigenvalue weighted by Gasteiger charge is 2.20. The van der Waals surface area contributed by atoms with E-state index in [1.807, 2.05) is 0 Å². The van der Waals surface area contributed by atoms with Crippen molar-refractivity contribution >= 4 is 49.8 Å². The Labute approximate surface area is 279 Å². The molecule has 0 amide bonds. The molecule has 48 heavy (non-hydrogen) atoms. The molecule has 1 aromatic heterocycles. The maximum absolute atomic E-state index is 6.57. The van der Waals surface area contributed by atoms with Crippen molar-refractivity contribution in [2.75, 3.05) is 4.90 Å². The lowest BCUT2D eigenvalue weighted by molar-refractivity contribution is 0.673. The largest absolute Gasteiger partial charge is 0.455 e. The summed E-state index contributed by atoms with van der Waals surface area (Å²) >= 11 is 0. The molecule has 0 N–H and O–H groups in total. The molecular formula is C46H31NO. The van der Waals surface area contributed by atoms with E-state index in [9.17, 15) is 0 Å². The molecule has 1 heterocycles. The van der Waals surface area contributed by atoms with Crippen LogP contribution in [-0.2, 0) is 0 Å². The van der Waals surface area contributed by atoms with Gasteiger partial charge in [0.2, 0.25) is 0 Å². The topological polar surface area (TPSA) is 16.4 Å². The average Bonchev–Trinajstić information content (AvgIpc) is 3.56. The second-order valence-electron chi connectivity index (χ2n) is 12.1.